The van der Waals surface area contributed by atoms with Gasteiger partial charge in [-0.15, -0.1) is 0 Å². The molecule has 1 heterocycles. The predicted octanol–water partition coefficient (Wildman–Crippen LogP) is 1.17. The van der Waals surface area contributed by atoms with Crippen molar-refractivity contribution in [2.45, 2.75) is 0 Å². The zero-order valence-corrected chi connectivity index (χ0v) is 8.32. The molecule has 0 saturated carbocycles. The lowest BCUT2D eigenvalue weighted by molar-refractivity contribution is 0.252. The van der Waals surface area contributed by atoms with Crippen molar-refractivity contribution in [3.63, 3.8) is 0 Å². The molecular weight excluding hydrogens is 192 g/mol. The van der Waals surface area contributed by atoms with Crippen LogP contribution in [-0.2, 0) is 7.05 Å². The van der Waals surface area contributed by atoms with Crippen LogP contribution in [-0.4, -0.2) is 10.6 Å². The van der Waals surface area contributed by atoms with E-state index >= 15 is 0 Å². The second-order valence-corrected chi connectivity index (χ2v) is 3.30. The maximum Gasteiger partial charge on any atom is 0.333 e. The number of anilines is 1. The van der Waals surface area contributed by atoms with Gasteiger partial charge in [-0.3, -0.25) is 5.43 Å². The molecule has 0 fully saturated rings. The van der Waals surface area contributed by atoms with Gasteiger partial charge < -0.3 is 9.88 Å². The average molecular weight is 204 g/mol. The maximum absolute atomic E-state index is 11.0. The zero-order valence-electron chi connectivity index (χ0n) is 8.32. The van der Waals surface area contributed by atoms with Crippen LogP contribution in [0.15, 0.2) is 30.5 Å². The monoisotopic (exact) mass is 204 g/mol. The third-order valence-corrected chi connectivity index (χ3v) is 2.27. The Bertz CT molecular complexity index is 503. The molecule has 0 radical (unpaired) electrons. The molecule has 5 heteroatoms. The highest BCUT2D eigenvalue weighted by atomic mass is 16.2. The van der Waals surface area contributed by atoms with Crippen LogP contribution in [0.4, 0.5) is 10.5 Å². The van der Waals surface area contributed by atoms with Crippen LogP contribution in [0.3, 0.4) is 0 Å². The highest BCUT2D eigenvalue weighted by Crippen LogP contribution is 2.19. The first-order chi connectivity index (χ1) is 7.20. The molecule has 1 aromatic carbocycles. The molecule has 0 unspecified atom stereocenters. The van der Waals surface area contributed by atoms with Crippen LogP contribution >= 0.6 is 0 Å². The van der Waals surface area contributed by atoms with Crippen molar-refractivity contribution in [1.82, 2.24) is 9.99 Å². The van der Waals surface area contributed by atoms with Crippen LogP contribution in [0.25, 0.3) is 10.9 Å². The van der Waals surface area contributed by atoms with Crippen molar-refractivity contribution in [1.29, 1.82) is 0 Å². The standard InChI is InChI=1S/C10H12N4O/c1-14-5-4-7-6-8(2-3-9(7)14)12-10(15)13-11/h2-6H,11H2,1H3,(H2,12,13,15). The number of aromatic nitrogens is 1. The number of carbonyl (C=O) groups is 1. The molecule has 15 heavy (non-hydrogen) atoms. The molecule has 0 aliphatic carbocycles. The third kappa shape index (κ3) is 1.77. The van der Waals surface area contributed by atoms with E-state index in [0.29, 0.717) is 0 Å². The SMILES string of the molecule is Cn1ccc2cc(NC(=O)NN)ccc21. The van der Waals surface area contributed by atoms with Crippen LogP contribution in [0.2, 0.25) is 0 Å². The van der Waals surface area contributed by atoms with E-state index < -0.39 is 6.03 Å². The van der Waals surface area contributed by atoms with Gasteiger partial charge in [0.2, 0.25) is 0 Å². The first-order valence-electron chi connectivity index (χ1n) is 4.53. The van der Waals surface area contributed by atoms with Crippen molar-refractivity contribution in [2.24, 2.45) is 12.9 Å². The summed E-state index contributed by atoms with van der Waals surface area (Å²) in [4.78, 5) is 11.0. The summed E-state index contributed by atoms with van der Waals surface area (Å²) in [6, 6.07) is 7.23. The lowest BCUT2D eigenvalue weighted by atomic mass is 10.2. The lowest BCUT2D eigenvalue weighted by Crippen LogP contribution is -2.34. The molecule has 0 atom stereocenters. The van der Waals surface area contributed by atoms with Crippen molar-refractivity contribution < 1.29 is 4.79 Å². The highest BCUT2D eigenvalue weighted by Gasteiger charge is 2.01. The molecule has 2 rings (SSSR count). The molecule has 2 aromatic rings. The van der Waals surface area contributed by atoms with Crippen molar-refractivity contribution in [2.75, 3.05) is 5.32 Å². The molecule has 0 aliphatic heterocycles. The summed E-state index contributed by atoms with van der Waals surface area (Å²) in [5, 5.41) is 3.68. The lowest BCUT2D eigenvalue weighted by Gasteiger charge is -2.04. The number of carbonyl (C=O) groups excluding carboxylic acids is 1. The number of urea groups is 1. The molecule has 0 spiro atoms. The topological polar surface area (TPSA) is 72.1 Å². The van der Waals surface area contributed by atoms with Gasteiger partial charge in [0.15, 0.2) is 0 Å². The maximum atomic E-state index is 11.0. The van der Waals surface area contributed by atoms with Crippen LogP contribution in [0, 0.1) is 0 Å². The van der Waals surface area contributed by atoms with E-state index in [1.807, 2.05) is 47.5 Å². The van der Waals surface area contributed by atoms with Gasteiger partial charge >= 0.3 is 6.03 Å². The number of nitrogens with one attached hydrogen (secondary N) is 2. The van der Waals surface area contributed by atoms with E-state index in [1.165, 1.54) is 0 Å². The summed E-state index contributed by atoms with van der Waals surface area (Å²) in [7, 11) is 1.97. The van der Waals surface area contributed by atoms with Crippen LogP contribution < -0.4 is 16.6 Å². The van der Waals surface area contributed by atoms with Gasteiger partial charge in [-0.2, -0.15) is 0 Å². The number of amides is 2. The van der Waals surface area contributed by atoms with E-state index in [2.05, 4.69) is 5.32 Å². The van der Waals surface area contributed by atoms with E-state index in [9.17, 15) is 4.79 Å². The Morgan fingerprint density at radius 3 is 2.93 bits per heavy atom. The predicted molar refractivity (Wildman–Crippen MR) is 59.3 cm³/mol. The Balaban J connectivity index is 2.35. The van der Waals surface area contributed by atoms with Gasteiger partial charge in [0.25, 0.3) is 0 Å². The van der Waals surface area contributed by atoms with Gasteiger partial charge in [-0.1, -0.05) is 0 Å². The van der Waals surface area contributed by atoms with Gasteiger partial charge in [-0.05, 0) is 24.3 Å². The summed E-state index contributed by atoms with van der Waals surface area (Å²) in [6.45, 7) is 0. The minimum Gasteiger partial charge on any atom is -0.351 e. The zero-order chi connectivity index (χ0) is 10.8. The fourth-order valence-electron chi connectivity index (χ4n) is 1.53. The molecular formula is C10H12N4O. The fraction of sp³-hybridized carbons (Fsp3) is 0.100. The second kappa shape index (κ2) is 3.62. The molecule has 4 N–H and O–H groups in total. The summed E-state index contributed by atoms with van der Waals surface area (Å²) in [5.41, 5.74) is 3.85. The first kappa shape index (κ1) is 9.54. The Morgan fingerprint density at radius 1 is 1.40 bits per heavy atom. The number of fused-ring (bicyclic) bond motifs is 1. The number of nitrogens with zero attached hydrogens (tertiary/aromatic N) is 1. The van der Waals surface area contributed by atoms with E-state index in [0.717, 1.165) is 16.6 Å². The molecule has 0 aliphatic rings. The third-order valence-electron chi connectivity index (χ3n) is 2.27. The average Bonchev–Trinajstić information content (AvgIpc) is 2.60. The number of hydrogen-bond donors (Lipinski definition) is 3. The summed E-state index contributed by atoms with van der Waals surface area (Å²) in [6.07, 6.45) is 1.97. The van der Waals surface area contributed by atoms with Gasteiger partial charge in [-0.25, -0.2) is 10.6 Å². The number of rotatable bonds is 1. The van der Waals surface area contributed by atoms with Gasteiger partial charge in [0.1, 0.15) is 0 Å². The summed E-state index contributed by atoms with van der Waals surface area (Å²) < 4.78 is 2.02. The van der Waals surface area contributed by atoms with E-state index in [-0.39, 0.29) is 0 Å². The van der Waals surface area contributed by atoms with Gasteiger partial charge in [0.05, 0.1) is 0 Å². The number of benzene rings is 1. The molecule has 78 valence electrons. The number of nitrogens with two attached hydrogens (primary N) is 1. The van der Waals surface area contributed by atoms with E-state index in [1.54, 1.807) is 0 Å². The number of hydrogen-bond acceptors (Lipinski definition) is 2. The van der Waals surface area contributed by atoms with Crippen molar-refractivity contribution in [3.8, 4) is 0 Å². The molecule has 5 nitrogen and oxygen atoms in total. The fourth-order valence-corrected chi connectivity index (χ4v) is 1.53. The van der Waals surface area contributed by atoms with Gasteiger partial charge in [0, 0.05) is 29.8 Å². The molecule has 0 saturated heterocycles. The number of aryl methyl sites for hydroxylation is 1. The largest absolute Gasteiger partial charge is 0.351 e. The smallest absolute Gasteiger partial charge is 0.333 e. The normalized spacial score (nSPS) is 10.3. The van der Waals surface area contributed by atoms with Crippen molar-refractivity contribution in [3.05, 3.63) is 30.5 Å². The summed E-state index contributed by atoms with van der Waals surface area (Å²) >= 11 is 0. The molecule has 1 aromatic heterocycles. The highest BCUT2D eigenvalue weighted by molar-refractivity contribution is 5.92. The minimum absolute atomic E-state index is 0.426. The first-order valence-corrected chi connectivity index (χ1v) is 4.53. The Morgan fingerprint density at radius 2 is 2.20 bits per heavy atom. The molecule has 0 bridgehead atoms. The second-order valence-electron chi connectivity index (χ2n) is 3.30. The quantitative estimate of drug-likeness (QED) is 0.370. The van der Waals surface area contributed by atoms with Crippen LogP contribution in [0.5, 0.6) is 0 Å². The minimum atomic E-state index is -0.426. The van der Waals surface area contributed by atoms with E-state index in [4.69, 9.17) is 5.84 Å². The number of hydrazine groups is 1. The Kier molecular flexibility index (Phi) is 2.31. The summed E-state index contributed by atoms with van der Waals surface area (Å²) in [5.74, 6) is 4.97. The Hall–Kier alpha value is -2.01. The van der Waals surface area contributed by atoms with Crippen molar-refractivity contribution >= 4 is 22.6 Å². The Labute approximate surface area is 86.8 Å². The van der Waals surface area contributed by atoms with Crippen LogP contribution in [0.1, 0.15) is 0 Å². The molecule has 2 amide bonds.